The molecule has 1 amide bonds. The third-order valence-corrected chi connectivity index (χ3v) is 4.34. The van der Waals surface area contributed by atoms with E-state index in [2.05, 4.69) is 15.6 Å². The van der Waals surface area contributed by atoms with Crippen molar-refractivity contribution in [2.24, 2.45) is 5.92 Å². The molecule has 4 nitrogen and oxygen atoms in total. The Morgan fingerprint density at radius 1 is 1.42 bits per heavy atom. The van der Waals surface area contributed by atoms with Crippen LogP contribution in [0.15, 0.2) is 23.7 Å². The van der Waals surface area contributed by atoms with Crippen molar-refractivity contribution in [3.8, 4) is 0 Å². The Balaban J connectivity index is 1.61. The van der Waals surface area contributed by atoms with Gasteiger partial charge < -0.3 is 10.6 Å². The van der Waals surface area contributed by atoms with Crippen molar-refractivity contribution in [1.29, 1.82) is 0 Å². The van der Waals surface area contributed by atoms with Gasteiger partial charge in [0.15, 0.2) is 0 Å². The van der Waals surface area contributed by atoms with Crippen LogP contribution in [0.1, 0.15) is 19.3 Å². The predicted octanol–water partition coefficient (Wildman–Crippen LogP) is 2.62. The van der Waals surface area contributed by atoms with Crippen molar-refractivity contribution >= 4 is 33.1 Å². The Morgan fingerprint density at radius 3 is 3.11 bits per heavy atom. The zero-order chi connectivity index (χ0) is 13.1. The van der Waals surface area contributed by atoms with Gasteiger partial charge in [-0.2, -0.15) is 0 Å². The molecule has 0 radical (unpaired) electrons. The van der Waals surface area contributed by atoms with Gasteiger partial charge >= 0.3 is 0 Å². The molecular weight excluding hydrogens is 258 g/mol. The minimum atomic E-state index is 0.121. The molecule has 1 saturated heterocycles. The molecule has 2 N–H and O–H groups in total. The molecule has 5 heteroatoms. The van der Waals surface area contributed by atoms with Crippen LogP contribution in [0.5, 0.6) is 0 Å². The summed E-state index contributed by atoms with van der Waals surface area (Å²) in [7, 11) is 0. The van der Waals surface area contributed by atoms with Crippen molar-refractivity contribution in [3.05, 3.63) is 23.7 Å². The molecule has 0 atom stereocenters. The first kappa shape index (κ1) is 12.6. The van der Waals surface area contributed by atoms with E-state index in [1.807, 2.05) is 23.7 Å². The number of amides is 1. The summed E-state index contributed by atoms with van der Waals surface area (Å²) in [5.74, 6) is 0.643. The average molecular weight is 275 g/mol. The maximum atomic E-state index is 12.0. The molecule has 0 aliphatic carbocycles. The van der Waals surface area contributed by atoms with Gasteiger partial charge in [-0.3, -0.25) is 4.79 Å². The summed E-state index contributed by atoms with van der Waals surface area (Å²) in [6.45, 7) is 2.07. The lowest BCUT2D eigenvalue weighted by Gasteiger charge is -2.21. The lowest BCUT2D eigenvalue weighted by atomic mass is 9.94. The summed E-state index contributed by atoms with van der Waals surface area (Å²) in [6, 6.07) is 5.86. The van der Waals surface area contributed by atoms with Gasteiger partial charge in [-0.25, -0.2) is 4.98 Å². The monoisotopic (exact) mass is 275 g/mol. The Bertz CT molecular complexity index is 575. The Hall–Kier alpha value is -1.46. The number of thiazole rings is 1. The summed E-state index contributed by atoms with van der Waals surface area (Å²) in [4.78, 5) is 16.2. The van der Waals surface area contributed by atoms with E-state index < -0.39 is 0 Å². The molecule has 0 saturated carbocycles. The lowest BCUT2D eigenvalue weighted by Crippen LogP contribution is -2.30. The van der Waals surface area contributed by atoms with E-state index in [-0.39, 0.29) is 5.91 Å². The second kappa shape index (κ2) is 5.67. The number of benzene rings is 1. The molecule has 19 heavy (non-hydrogen) atoms. The molecule has 0 bridgehead atoms. The number of carbonyl (C=O) groups is 1. The number of nitrogens with one attached hydrogen (secondary N) is 2. The van der Waals surface area contributed by atoms with E-state index in [1.165, 1.54) is 0 Å². The molecule has 1 aliphatic rings. The zero-order valence-electron chi connectivity index (χ0n) is 10.7. The van der Waals surface area contributed by atoms with E-state index >= 15 is 0 Å². The third kappa shape index (κ3) is 3.11. The molecule has 0 unspecified atom stereocenters. The molecule has 1 aliphatic heterocycles. The zero-order valence-corrected chi connectivity index (χ0v) is 11.5. The predicted molar refractivity (Wildman–Crippen MR) is 78.5 cm³/mol. The molecular formula is C14H17N3OS. The van der Waals surface area contributed by atoms with Gasteiger partial charge in [-0.1, -0.05) is 0 Å². The number of rotatable bonds is 3. The fraction of sp³-hybridized carbons (Fsp3) is 0.429. The van der Waals surface area contributed by atoms with Crippen LogP contribution in [0, 0.1) is 5.92 Å². The van der Waals surface area contributed by atoms with Crippen LogP contribution in [-0.4, -0.2) is 24.0 Å². The molecule has 2 aromatic rings. The number of piperidine rings is 1. The molecule has 1 fully saturated rings. The minimum absolute atomic E-state index is 0.121. The van der Waals surface area contributed by atoms with Crippen molar-refractivity contribution in [2.45, 2.75) is 19.3 Å². The number of hydrogen-bond donors (Lipinski definition) is 2. The van der Waals surface area contributed by atoms with Crippen LogP contribution in [0.4, 0.5) is 5.69 Å². The van der Waals surface area contributed by atoms with E-state index in [1.54, 1.807) is 11.3 Å². The summed E-state index contributed by atoms with van der Waals surface area (Å²) in [5.41, 5.74) is 3.68. The summed E-state index contributed by atoms with van der Waals surface area (Å²) < 4.78 is 1.11. The van der Waals surface area contributed by atoms with E-state index in [0.717, 1.165) is 41.8 Å². The lowest BCUT2D eigenvalue weighted by molar-refractivity contribution is -0.117. The van der Waals surface area contributed by atoms with Crippen molar-refractivity contribution in [3.63, 3.8) is 0 Å². The van der Waals surface area contributed by atoms with Gasteiger partial charge in [0, 0.05) is 12.1 Å². The Morgan fingerprint density at radius 2 is 2.26 bits per heavy atom. The summed E-state index contributed by atoms with van der Waals surface area (Å²) in [5, 5.41) is 6.31. The maximum absolute atomic E-state index is 12.0. The van der Waals surface area contributed by atoms with Crippen LogP contribution < -0.4 is 10.6 Å². The number of anilines is 1. The van der Waals surface area contributed by atoms with Gasteiger partial charge in [0.05, 0.1) is 15.7 Å². The smallest absolute Gasteiger partial charge is 0.224 e. The quantitative estimate of drug-likeness (QED) is 0.905. The van der Waals surface area contributed by atoms with Crippen molar-refractivity contribution < 1.29 is 4.79 Å². The van der Waals surface area contributed by atoms with Gasteiger partial charge in [-0.05, 0) is 50.0 Å². The summed E-state index contributed by atoms with van der Waals surface area (Å²) in [6.07, 6.45) is 2.82. The summed E-state index contributed by atoms with van der Waals surface area (Å²) >= 11 is 1.59. The van der Waals surface area contributed by atoms with Gasteiger partial charge in [0.25, 0.3) is 0 Å². The third-order valence-electron chi connectivity index (χ3n) is 3.55. The molecule has 0 spiro atoms. The van der Waals surface area contributed by atoms with E-state index in [0.29, 0.717) is 12.3 Å². The maximum Gasteiger partial charge on any atom is 0.224 e. The highest BCUT2D eigenvalue weighted by Gasteiger charge is 2.16. The minimum Gasteiger partial charge on any atom is -0.326 e. The Kier molecular flexibility index (Phi) is 3.75. The van der Waals surface area contributed by atoms with Crippen LogP contribution in [0.3, 0.4) is 0 Å². The van der Waals surface area contributed by atoms with Gasteiger partial charge in [0.1, 0.15) is 0 Å². The number of hydrogen-bond acceptors (Lipinski definition) is 4. The normalized spacial score (nSPS) is 16.6. The Labute approximate surface area is 116 Å². The van der Waals surface area contributed by atoms with E-state index in [9.17, 15) is 4.79 Å². The second-order valence-electron chi connectivity index (χ2n) is 4.98. The highest BCUT2D eigenvalue weighted by Crippen LogP contribution is 2.23. The molecule has 3 rings (SSSR count). The van der Waals surface area contributed by atoms with Gasteiger partial charge in [-0.15, -0.1) is 11.3 Å². The number of carbonyl (C=O) groups excluding carboxylic acids is 1. The number of aromatic nitrogens is 1. The highest BCUT2D eigenvalue weighted by atomic mass is 32.1. The first-order valence-electron chi connectivity index (χ1n) is 6.65. The second-order valence-corrected chi connectivity index (χ2v) is 5.87. The van der Waals surface area contributed by atoms with Crippen LogP contribution >= 0.6 is 11.3 Å². The fourth-order valence-electron chi connectivity index (χ4n) is 2.49. The standard InChI is InChI=1S/C14H17N3OS/c18-14(7-10-3-5-15-6-4-10)17-11-1-2-12-13(8-11)19-9-16-12/h1-2,8-10,15H,3-7H2,(H,17,18). The average Bonchev–Trinajstić information content (AvgIpc) is 2.87. The topological polar surface area (TPSA) is 54.0 Å². The highest BCUT2D eigenvalue weighted by molar-refractivity contribution is 7.16. The molecule has 1 aromatic carbocycles. The van der Waals surface area contributed by atoms with Crippen LogP contribution in [0.2, 0.25) is 0 Å². The first-order chi connectivity index (χ1) is 9.31. The first-order valence-corrected chi connectivity index (χ1v) is 7.53. The molecule has 100 valence electrons. The SMILES string of the molecule is O=C(CC1CCNCC1)Nc1ccc2ncsc2c1. The number of nitrogens with zero attached hydrogens (tertiary/aromatic N) is 1. The fourth-order valence-corrected chi connectivity index (χ4v) is 3.21. The van der Waals surface area contributed by atoms with Crippen LogP contribution in [-0.2, 0) is 4.79 Å². The largest absolute Gasteiger partial charge is 0.326 e. The molecule has 2 heterocycles. The number of fused-ring (bicyclic) bond motifs is 1. The van der Waals surface area contributed by atoms with Crippen molar-refractivity contribution in [2.75, 3.05) is 18.4 Å². The van der Waals surface area contributed by atoms with E-state index in [4.69, 9.17) is 0 Å². The van der Waals surface area contributed by atoms with Gasteiger partial charge in [0.2, 0.25) is 5.91 Å². The van der Waals surface area contributed by atoms with Crippen molar-refractivity contribution in [1.82, 2.24) is 10.3 Å². The van der Waals surface area contributed by atoms with Crippen LogP contribution in [0.25, 0.3) is 10.2 Å². The molecule has 1 aromatic heterocycles.